The second-order valence-electron chi connectivity index (χ2n) is 4.55. The number of rotatable bonds is 7. The lowest BCUT2D eigenvalue weighted by Crippen LogP contribution is -2.26. The molecule has 0 saturated carbocycles. The van der Waals surface area contributed by atoms with E-state index in [1.807, 2.05) is 0 Å². The van der Waals surface area contributed by atoms with Crippen LogP contribution in [-0.2, 0) is 24.5 Å². The molecule has 1 N–H and O–H groups in total. The standard InChI is InChI=1S/C12H16O6S2/c1-19(15,16)7-8-20(17,18)9-11(12(13)14)10-5-3-2-4-6-10/h2-6,11H,7-9H2,1H3,(H,13,14). The Morgan fingerprint density at radius 2 is 1.65 bits per heavy atom. The van der Waals surface area contributed by atoms with Gasteiger partial charge in [-0.3, -0.25) is 4.79 Å². The molecule has 0 aliphatic heterocycles. The summed E-state index contributed by atoms with van der Waals surface area (Å²) in [4.78, 5) is 11.2. The number of carboxylic acids is 1. The zero-order chi connectivity index (χ0) is 15.4. The summed E-state index contributed by atoms with van der Waals surface area (Å²) in [7, 11) is -7.17. The first-order valence-electron chi connectivity index (χ1n) is 5.76. The quantitative estimate of drug-likeness (QED) is 0.775. The van der Waals surface area contributed by atoms with Crippen molar-refractivity contribution < 1.29 is 26.7 Å². The predicted octanol–water partition coefficient (Wildman–Crippen LogP) is 0.314. The van der Waals surface area contributed by atoms with Crippen LogP contribution in [0.2, 0.25) is 0 Å². The van der Waals surface area contributed by atoms with E-state index < -0.39 is 48.8 Å². The lowest BCUT2D eigenvalue weighted by atomic mass is 10.0. The molecule has 1 unspecified atom stereocenters. The van der Waals surface area contributed by atoms with Gasteiger partial charge in [0, 0.05) is 6.26 Å². The smallest absolute Gasteiger partial charge is 0.312 e. The number of carboxylic acid groups (broad SMARTS) is 1. The number of benzene rings is 1. The van der Waals surface area contributed by atoms with Gasteiger partial charge in [0.15, 0.2) is 9.84 Å². The van der Waals surface area contributed by atoms with Gasteiger partial charge in [0.05, 0.1) is 23.2 Å². The summed E-state index contributed by atoms with van der Waals surface area (Å²) in [6, 6.07) is 8.00. The lowest BCUT2D eigenvalue weighted by molar-refractivity contribution is -0.138. The van der Waals surface area contributed by atoms with Gasteiger partial charge in [0.2, 0.25) is 0 Å². The summed E-state index contributed by atoms with van der Waals surface area (Å²) in [5.74, 6) is -4.12. The maximum atomic E-state index is 11.8. The molecule has 0 aliphatic rings. The number of sulfone groups is 2. The summed E-state index contributed by atoms with van der Waals surface area (Å²) < 4.78 is 45.6. The van der Waals surface area contributed by atoms with E-state index in [2.05, 4.69) is 0 Å². The van der Waals surface area contributed by atoms with Gasteiger partial charge in [-0.15, -0.1) is 0 Å². The van der Waals surface area contributed by atoms with Crippen LogP contribution in [0.3, 0.4) is 0 Å². The molecule has 0 aliphatic carbocycles. The van der Waals surface area contributed by atoms with Crippen LogP contribution < -0.4 is 0 Å². The molecule has 112 valence electrons. The molecule has 0 aromatic heterocycles. The molecule has 0 fully saturated rings. The van der Waals surface area contributed by atoms with E-state index in [9.17, 15) is 21.6 Å². The van der Waals surface area contributed by atoms with Crippen molar-refractivity contribution in [2.45, 2.75) is 5.92 Å². The van der Waals surface area contributed by atoms with E-state index >= 15 is 0 Å². The Labute approximate surface area is 118 Å². The minimum atomic E-state index is -3.77. The molecule has 1 rings (SSSR count). The van der Waals surface area contributed by atoms with Crippen LogP contribution in [-0.4, -0.2) is 51.4 Å². The molecule has 0 spiro atoms. The van der Waals surface area contributed by atoms with Crippen LogP contribution >= 0.6 is 0 Å². The third-order valence-corrected chi connectivity index (χ3v) is 5.56. The average Bonchev–Trinajstić information content (AvgIpc) is 2.34. The monoisotopic (exact) mass is 320 g/mol. The SMILES string of the molecule is CS(=O)(=O)CCS(=O)(=O)CC(C(=O)O)c1ccccc1. The maximum Gasteiger partial charge on any atom is 0.312 e. The van der Waals surface area contributed by atoms with Gasteiger partial charge < -0.3 is 5.11 Å². The number of aliphatic carboxylic acids is 1. The molecule has 8 heteroatoms. The Balaban J connectivity index is 2.89. The van der Waals surface area contributed by atoms with Gasteiger partial charge in [0.25, 0.3) is 0 Å². The molecule has 20 heavy (non-hydrogen) atoms. The largest absolute Gasteiger partial charge is 0.481 e. The van der Waals surface area contributed by atoms with E-state index in [0.717, 1.165) is 6.26 Å². The predicted molar refractivity (Wildman–Crippen MR) is 75.2 cm³/mol. The van der Waals surface area contributed by atoms with Crippen molar-refractivity contribution in [2.75, 3.05) is 23.5 Å². The fourth-order valence-corrected chi connectivity index (χ4v) is 4.85. The van der Waals surface area contributed by atoms with Crippen molar-refractivity contribution in [1.29, 1.82) is 0 Å². The van der Waals surface area contributed by atoms with E-state index in [-0.39, 0.29) is 0 Å². The molecule has 0 heterocycles. The molecule has 0 saturated heterocycles. The van der Waals surface area contributed by atoms with Gasteiger partial charge in [-0.2, -0.15) is 0 Å². The minimum absolute atomic E-state index is 0.378. The molecule has 1 aromatic rings. The molecule has 1 aromatic carbocycles. The minimum Gasteiger partial charge on any atom is -0.481 e. The van der Waals surface area contributed by atoms with E-state index in [0.29, 0.717) is 5.56 Å². The third-order valence-electron chi connectivity index (χ3n) is 2.69. The summed E-state index contributed by atoms with van der Waals surface area (Å²) in [5.41, 5.74) is 0.378. The Morgan fingerprint density at radius 1 is 1.10 bits per heavy atom. The fraction of sp³-hybridized carbons (Fsp3) is 0.417. The van der Waals surface area contributed by atoms with Crippen LogP contribution in [0.5, 0.6) is 0 Å². The summed E-state index contributed by atoms with van der Waals surface area (Å²) in [6.07, 6.45) is 0.939. The number of carbonyl (C=O) groups is 1. The third kappa shape index (κ3) is 5.70. The first-order chi connectivity index (χ1) is 9.11. The Hall–Kier alpha value is -1.41. The Morgan fingerprint density at radius 3 is 2.10 bits per heavy atom. The van der Waals surface area contributed by atoms with Crippen LogP contribution in [0, 0.1) is 0 Å². The van der Waals surface area contributed by atoms with Crippen LogP contribution in [0.15, 0.2) is 30.3 Å². The van der Waals surface area contributed by atoms with Crippen LogP contribution in [0.1, 0.15) is 11.5 Å². The summed E-state index contributed by atoms with van der Waals surface area (Å²) in [5, 5.41) is 9.14. The van der Waals surface area contributed by atoms with E-state index in [1.54, 1.807) is 18.2 Å². The normalized spacial score (nSPS) is 13.8. The molecule has 6 nitrogen and oxygen atoms in total. The average molecular weight is 320 g/mol. The second kappa shape index (κ2) is 6.36. The van der Waals surface area contributed by atoms with E-state index in [4.69, 9.17) is 5.11 Å². The highest BCUT2D eigenvalue weighted by Gasteiger charge is 2.27. The van der Waals surface area contributed by atoms with Crippen molar-refractivity contribution in [3.05, 3.63) is 35.9 Å². The van der Waals surface area contributed by atoms with Crippen molar-refractivity contribution in [3.63, 3.8) is 0 Å². The van der Waals surface area contributed by atoms with Gasteiger partial charge >= 0.3 is 5.97 Å². The zero-order valence-electron chi connectivity index (χ0n) is 10.9. The highest BCUT2D eigenvalue weighted by molar-refractivity contribution is 7.94. The second-order valence-corrected chi connectivity index (χ2v) is 9.03. The molecule has 1 atom stereocenters. The number of hydrogen-bond donors (Lipinski definition) is 1. The number of hydrogen-bond acceptors (Lipinski definition) is 5. The lowest BCUT2D eigenvalue weighted by Gasteiger charge is -2.13. The zero-order valence-corrected chi connectivity index (χ0v) is 12.5. The van der Waals surface area contributed by atoms with E-state index in [1.165, 1.54) is 12.1 Å². The fourth-order valence-electron chi connectivity index (χ4n) is 1.61. The molecule has 0 radical (unpaired) electrons. The summed E-state index contributed by atoms with van der Waals surface area (Å²) >= 11 is 0. The first-order valence-corrected chi connectivity index (χ1v) is 9.65. The van der Waals surface area contributed by atoms with Gasteiger partial charge in [-0.1, -0.05) is 30.3 Å². The van der Waals surface area contributed by atoms with Gasteiger partial charge in [0.1, 0.15) is 9.84 Å². The van der Waals surface area contributed by atoms with Crippen molar-refractivity contribution in [3.8, 4) is 0 Å². The molecule has 0 bridgehead atoms. The molecule has 0 amide bonds. The maximum absolute atomic E-state index is 11.8. The Bertz CT molecular complexity index is 661. The highest BCUT2D eigenvalue weighted by Crippen LogP contribution is 2.18. The first kappa shape index (κ1) is 16.6. The van der Waals surface area contributed by atoms with Gasteiger partial charge in [-0.05, 0) is 5.56 Å². The summed E-state index contributed by atoms with van der Waals surface area (Å²) in [6.45, 7) is 0. The Kier molecular flexibility index (Phi) is 5.29. The van der Waals surface area contributed by atoms with Crippen LogP contribution in [0.4, 0.5) is 0 Å². The van der Waals surface area contributed by atoms with Gasteiger partial charge in [-0.25, -0.2) is 16.8 Å². The topological polar surface area (TPSA) is 106 Å². The molecular weight excluding hydrogens is 304 g/mol. The highest BCUT2D eigenvalue weighted by atomic mass is 32.2. The van der Waals surface area contributed by atoms with Crippen LogP contribution in [0.25, 0.3) is 0 Å². The molecular formula is C12H16O6S2. The van der Waals surface area contributed by atoms with Crippen molar-refractivity contribution in [2.24, 2.45) is 0 Å². The van der Waals surface area contributed by atoms with Crippen molar-refractivity contribution in [1.82, 2.24) is 0 Å². The van der Waals surface area contributed by atoms with Crippen molar-refractivity contribution >= 4 is 25.6 Å².